The van der Waals surface area contributed by atoms with Crippen LogP contribution in [0.3, 0.4) is 0 Å². The Labute approximate surface area is 86.5 Å². The van der Waals surface area contributed by atoms with Gasteiger partial charge >= 0.3 is 0 Å². The average Bonchev–Trinajstić information content (AvgIpc) is 2.62. The molecule has 3 heteroatoms. The summed E-state index contributed by atoms with van der Waals surface area (Å²) in [7, 11) is 0. The van der Waals surface area contributed by atoms with E-state index >= 15 is 0 Å². The molecular weight excluding hydrogens is 174 g/mol. The molecular formula is C11H21N3. The van der Waals surface area contributed by atoms with E-state index in [2.05, 4.69) is 41.8 Å². The van der Waals surface area contributed by atoms with Gasteiger partial charge in [-0.05, 0) is 12.5 Å². The third-order valence-electron chi connectivity index (χ3n) is 2.46. The van der Waals surface area contributed by atoms with Crippen LogP contribution in [0.5, 0.6) is 0 Å². The number of nitrogens with zero attached hydrogens (tertiary/aromatic N) is 2. The van der Waals surface area contributed by atoms with E-state index in [0.29, 0.717) is 0 Å². The Balaban J connectivity index is 2.42. The van der Waals surface area contributed by atoms with Crippen molar-refractivity contribution in [2.75, 3.05) is 6.54 Å². The molecule has 0 aliphatic heterocycles. The Morgan fingerprint density at radius 3 is 2.93 bits per heavy atom. The van der Waals surface area contributed by atoms with Crippen molar-refractivity contribution < 1.29 is 0 Å². The van der Waals surface area contributed by atoms with Gasteiger partial charge in [-0.2, -0.15) is 0 Å². The van der Waals surface area contributed by atoms with Crippen LogP contribution in [-0.4, -0.2) is 16.1 Å². The predicted octanol–water partition coefficient (Wildman–Crippen LogP) is 2.04. The van der Waals surface area contributed by atoms with Crippen LogP contribution in [0, 0.1) is 5.92 Å². The fourth-order valence-corrected chi connectivity index (χ4v) is 1.34. The smallest absolute Gasteiger partial charge is 0.0950 e. The van der Waals surface area contributed by atoms with Crippen molar-refractivity contribution in [1.29, 1.82) is 0 Å². The molecule has 0 saturated heterocycles. The molecule has 0 aliphatic carbocycles. The van der Waals surface area contributed by atoms with Crippen molar-refractivity contribution in [1.82, 2.24) is 14.9 Å². The van der Waals surface area contributed by atoms with Crippen molar-refractivity contribution in [2.45, 2.75) is 40.3 Å². The molecule has 0 spiro atoms. The molecule has 14 heavy (non-hydrogen) atoms. The maximum atomic E-state index is 4.34. The molecule has 0 bridgehead atoms. The minimum atomic E-state index is 0.733. The highest BCUT2D eigenvalue weighted by Gasteiger charge is 2.01. The predicted molar refractivity (Wildman–Crippen MR) is 59.1 cm³/mol. The fourth-order valence-electron chi connectivity index (χ4n) is 1.34. The number of nitrogens with one attached hydrogen (secondary N) is 1. The van der Waals surface area contributed by atoms with E-state index in [1.165, 1.54) is 6.42 Å². The lowest BCUT2D eigenvalue weighted by Gasteiger charge is -2.07. The molecule has 1 heterocycles. The molecule has 0 fully saturated rings. The number of rotatable bonds is 6. The molecule has 1 aromatic rings. The normalized spacial score (nSPS) is 13.1. The second-order valence-corrected chi connectivity index (χ2v) is 3.86. The van der Waals surface area contributed by atoms with Crippen LogP contribution in [0.25, 0.3) is 0 Å². The maximum Gasteiger partial charge on any atom is 0.0950 e. The van der Waals surface area contributed by atoms with Crippen molar-refractivity contribution in [2.24, 2.45) is 5.92 Å². The van der Waals surface area contributed by atoms with Gasteiger partial charge in [0.15, 0.2) is 0 Å². The molecule has 1 atom stereocenters. The lowest BCUT2D eigenvalue weighted by atomic mass is 10.1. The largest absolute Gasteiger partial charge is 0.337 e. The van der Waals surface area contributed by atoms with Crippen LogP contribution in [0.2, 0.25) is 0 Å². The molecule has 0 saturated carbocycles. The van der Waals surface area contributed by atoms with Crippen molar-refractivity contribution in [3.63, 3.8) is 0 Å². The first-order valence-corrected chi connectivity index (χ1v) is 5.47. The zero-order valence-electron chi connectivity index (χ0n) is 9.45. The summed E-state index contributed by atoms with van der Waals surface area (Å²) >= 11 is 0. The van der Waals surface area contributed by atoms with Crippen LogP contribution in [0.1, 0.15) is 32.9 Å². The van der Waals surface area contributed by atoms with Gasteiger partial charge in [-0.3, -0.25) is 0 Å². The van der Waals surface area contributed by atoms with Gasteiger partial charge in [-0.15, -0.1) is 0 Å². The number of imidazole rings is 1. The SMILES string of the molecule is CCNCc1cn(CC(C)CC)cn1. The summed E-state index contributed by atoms with van der Waals surface area (Å²) in [6.07, 6.45) is 5.29. The van der Waals surface area contributed by atoms with Crippen LogP contribution in [0.15, 0.2) is 12.5 Å². The van der Waals surface area contributed by atoms with Gasteiger partial charge in [0.25, 0.3) is 0 Å². The van der Waals surface area contributed by atoms with Gasteiger partial charge in [0.2, 0.25) is 0 Å². The van der Waals surface area contributed by atoms with Crippen molar-refractivity contribution in [3.05, 3.63) is 18.2 Å². The van der Waals surface area contributed by atoms with Crippen molar-refractivity contribution >= 4 is 0 Å². The fraction of sp³-hybridized carbons (Fsp3) is 0.727. The molecule has 0 aromatic carbocycles. The van der Waals surface area contributed by atoms with E-state index < -0.39 is 0 Å². The van der Waals surface area contributed by atoms with Crippen LogP contribution in [0.4, 0.5) is 0 Å². The highest BCUT2D eigenvalue weighted by molar-refractivity contribution is 4.96. The van der Waals surface area contributed by atoms with Crippen LogP contribution in [-0.2, 0) is 13.1 Å². The first kappa shape index (κ1) is 11.2. The van der Waals surface area contributed by atoms with Gasteiger partial charge in [0.1, 0.15) is 0 Å². The molecule has 0 aliphatic rings. The highest BCUT2D eigenvalue weighted by Crippen LogP contribution is 2.05. The third-order valence-corrected chi connectivity index (χ3v) is 2.46. The quantitative estimate of drug-likeness (QED) is 0.752. The molecule has 1 aromatic heterocycles. The van der Waals surface area contributed by atoms with Crippen LogP contribution < -0.4 is 5.32 Å². The molecule has 80 valence electrons. The Morgan fingerprint density at radius 1 is 1.50 bits per heavy atom. The summed E-state index contributed by atoms with van der Waals surface area (Å²) in [5, 5.41) is 3.27. The Hall–Kier alpha value is -0.830. The first-order chi connectivity index (χ1) is 6.76. The molecule has 0 radical (unpaired) electrons. The Kier molecular flexibility index (Phi) is 4.66. The summed E-state index contributed by atoms with van der Waals surface area (Å²) in [5.41, 5.74) is 1.13. The second kappa shape index (κ2) is 5.81. The van der Waals surface area contributed by atoms with Crippen LogP contribution >= 0.6 is 0 Å². The number of hydrogen-bond acceptors (Lipinski definition) is 2. The highest BCUT2D eigenvalue weighted by atomic mass is 15.0. The van der Waals surface area contributed by atoms with E-state index in [0.717, 1.165) is 31.2 Å². The molecule has 1 rings (SSSR count). The summed E-state index contributed by atoms with van der Waals surface area (Å²) < 4.78 is 2.18. The number of hydrogen-bond donors (Lipinski definition) is 1. The van der Waals surface area contributed by atoms with Crippen molar-refractivity contribution in [3.8, 4) is 0 Å². The van der Waals surface area contributed by atoms with E-state index in [1.807, 2.05) is 6.33 Å². The minimum absolute atomic E-state index is 0.733. The topological polar surface area (TPSA) is 29.9 Å². The second-order valence-electron chi connectivity index (χ2n) is 3.86. The summed E-state index contributed by atoms with van der Waals surface area (Å²) in [4.78, 5) is 4.34. The van der Waals surface area contributed by atoms with Gasteiger partial charge < -0.3 is 9.88 Å². The van der Waals surface area contributed by atoms with Gasteiger partial charge in [0.05, 0.1) is 12.0 Å². The Morgan fingerprint density at radius 2 is 2.29 bits per heavy atom. The molecule has 1 unspecified atom stereocenters. The lowest BCUT2D eigenvalue weighted by Crippen LogP contribution is -2.12. The summed E-state index contributed by atoms with van der Waals surface area (Å²) in [6.45, 7) is 9.55. The van der Waals surface area contributed by atoms with E-state index in [9.17, 15) is 0 Å². The number of aromatic nitrogens is 2. The van der Waals surface area contributed by atoms with E-state index in [1.54, 1.807) is 0 Å². The minimum Gasteiger partial charge on any atom is -0.337 e. The van der Waals surface area contributed by atoms with Gasteiger partial charge in [-0.1, -0.05) is 27.2 Å². The molecule has 1 N–H and O–H groups in total. The van der Waals surface area contributed by atoms with Gasteiger partial charge in [-0.25, -0.2) is 4.98 Å². The summed E-state index contributed by atoms with van der Waals surface area (Å²) in [5.74, 6) is 0.733. The lowest BCUT2D eigenvalue weighted by molar-refractivity contribution is 0.468. The molecule has 3 nitrogen and oxygen atoms in total. The first-order valence-electron chi connectivity index (χ1n) is 5.47. The zero-order chi connectivity index (χ0) is 10.4. The standard InChI is InChI=1S/C11H21N3/c1-4-10(3)7-14-8-11(13-9-14)6-12-5-2/h8-10,12H,4-7H2,1-3H3. The third kappa shape index (κ3) is 3.50. The maximum absolute atomic E-state index is 4.34. The average molecular weight is 195 g/mol. The van der Waals surface area contributed by atoms with E-state index in [4.69, 9.17) is 0 Å². The zero-order valence-corrected chi connectivity index (χ0v) is 9.45. The monoisotopic (exact) mass is 195 g/mol. The van der Waals surface area contributed by atoms with E-state index in [-0.39, 0.29) is 0 Å². The summed E-state index contributed by atoms with van der Waals surface area (Å²) in [6, 6.07) is 0. The Bertz CT molecular complexity index is 255. The molecule has 0 amide bonds. The van der Waals surface area contributed by atoms with Gasteiger partial charge in [0, 0.05) is 19.3 Å².